The minimum Gasteiger partial charge on any atom is -0.384 e. The smallest absolute Gasteiger partial charge is 0.138 e. The monoisotopic (exact) mass is 264 g/mol. The number of hydrogen-bond donors (Lipinski definition) is 1. The summed E-state index contributed by atoms with van der Waals surface area (Å²) in [7, 11) is 0. The Kier molecular flexibility index (Phi) is 3.43. The van der Waals surface area contributed by atoms with Crippen molar-refractivity contribution >= 4 is 11.6 Å². The van der Waals surface area contributed by atoms with E-state index in [1.54, 1.807) is 0 Å². The van der Waals surface area contributed by atoms with Crippen LogP contribution in [0.25, 0.3) is 0 Å². The van der Waals surface area contributed by atoms with Gasteiger partial charge in [0.2, 0.25) is 0 Å². The van der Waals surface area contributed by atoms with Crippen LogP contribution in [0.2, 0.25) is 0 Å². The second kappa shape index (κ2) is 4.63. The Balaban J connectivity index is 2.32. The van der Waals surface area contributed by atoms with Crippen LogP contribution in [0.4, 0.5) is 11.6 Å². The summed E-state index contributed by atoms with van der Waals surface area (Å²) in [6.07, 6.45) is 0. The van der Waals surface area contributed by atoms with Crippen molar-refractivity contribution in [2.45, 2.75) is 45.6 Å². The van der Waals surface area contributed by atoms with Crippen molar-refractivity contribution in [1.29, 1.82) is 0 Å². The highest BCUT2D eigenvalue weighted by atomic mass is 16.5. The van der Waals surface area contributed by atoms with Gasteiger partial charge in [0.1, 0.15) is 17.5 Å². The minimum atomic E-state index is -0.153. The Morgan fingerprint density at radius 3 is 2.58 bits per heavy atom. The van der Waals surface area contributed by atoms with Crippen LogP contribution in [0.15, 0.2) is 6.07 Å². The van der Waals surface area contributed by atoms with E-state index >= 15 is 0 Å². The van der Waals surface area contributed by atoms with Crippen molar-refractivity contribution in [2.75, 3.05) is 30.3 Å². The molecule has 0 unspecified atom stereocenters. The fraction of sp³-hybridized carbons (Fsp3) is 0.714. The third kappa shape index (κ3) is 3.35. The number of ether oxygens (including phenoxy) is 1. The molecule has 5 heteroatoms. The minimum absolute atomic E-state index is 0.105. The first-order chi connectivity index (χ1) is 8.67. The van der Waals surface area contributed by atoms with Crippen molar-refractivity contribution in [3.05, 3.63) is 11.9 Å². The molecule has 2 heterocycles. The Labute approximate surface area is 115 Å². The van der Waals surface area contributed by atoms with E-state index in [-0.39, 0.29) is 11.0 Å². The maximum Gasteiger partial charge on any atom is 0.138 e. The SMILES string of the molecule is CC1(C)CN(c2cc(N)nc(C(C)(C)C)n2)CCO1. The van der Waals surface area contributed by atoms with Crippen LogP contribution >= 0.6 is 0 Å². The Morgan fingerprint density at radius 1 is 1.32 bits per heavy atom. The van der Waals surface area contributed by atoms with Crippen molar-refractivity contribution in [2.24, 2.45) is 0 Å². The van der Waals surface area contributed by atoms with Gasteiger partial charge in [0, 0.05) is 24.6 Å². The highest BCUT2D eigenvalue weighted by molar-refractivity contribution is 5.48. The maximum absolute atomic E-state index is 5.92. The van der Waals surface area contributed by atoms with Gasteiger partial charge >= 0.3 is 0 Å². The molecule has 1 aliphatic rings. The number of aromatic nitrogens is 2. The molecule has 2 rings (SSSR count). The van der Waals surface area contributed by atoms with E-state index in [4.69, 9.17) is 10.5 Å². The second-order valence-corrected chi connectivity index (χ2v) is 6.75. The molecule has 0 saturated carbocycles. The van der Waals surface area contributed by atoms with Crippen LogP contribution in [0.3, 0.4) is 0 Å². The fourth-order valence-electron chi connectivity index (χ4n) is 2.16. The summed E-state index contributed by atoms with van der Waals surface area (Å²) in [4.78, 5) is 11.2. The zero-order valence-corrected chi connectivity index (χ0v) is 12.5. The molecule has 0 bridgehead atoms. The van der Waals surface area contributed by atoms with E-state index in [0.717, 1.165) is 24.7 Å². The largest absolute Gasteiger partial charge is 0.384 e. The van der Waals surface area contributed by atoms with Crippen LogP contribution in [-0.4, -0.2) is 35.3 Å². The normalized spacial score (nSPS) is 19.5. The summed E-state index contributed by atoms with van der Waals surface area (Å²) in [5, 5.41) is 0. The predicted molar refractivity (Wildman–Crippen MR) is 77.4 cm³/mol. The van der Waals surface area contributed by atoms with E-state index in [1.807, 2.05) is 6.07 Å². The summed E-state index contributed by atoms with van der Waals surface area (Å²) in [6.45, 7) is 12.8. The lowest BCUT2D eigenvalue weighted by molar-refractivity contribution is -0.0279. The quantitative estimate of drug-likeness (QED) is 0.840. The molecule has 0 spiro atoms. The van der Waals surface area contributed by atoms with Crippen molar-refractivity contribution < 1.29 is 4.74 Å². The molecule has 1 fully saturated rings. The van der Waals surface area contributed by atoms with Gasteiger partial charge in [0.25, 0.3) is 0 Å². The number of hydrogen-bond acceptors (Lipinski definition) is 5. The third-order valence-electron chi connectivity index (χ3n) is 3.15. The van der Waals surface area contributed by atoms with E-state index < -0.39 is 0 Å². The molecule has 2 N–H and O–H groups in total. The van der Waals surface area contributed by atoms with Gasteiger partial charge in [-0.3, -0.25) is 0 Å². The fourth-order valence-corrected chi connectivity index (χ4v) is 2.16. The van der Waals surface area contributed by atoms with Crippen LogP contribution in [0.5, 0.6) is 0 Å². The maximum atomic E-state index is 5.92. The van der Waals surface area contributed by atoms with Gasteiger partial charge in [-0.2, -0.15) is 0 Å². The molecular formula is C14H24N4O. The van der Waals surface area contributed by atoms with Crippen molar-refractivity contribution in [3.63, 3.8) is 0 Å². The highest BCUT2D eigenvalue weighted by Gasteiger charge is 2.29. The number of nitrogens with zero attached hydrogens (tertiary/aromatic N) is 3. The molecular weight excluding hydrogens is 240 g/mol. The predicted octanol–water partition coefficient (Wildman–Crippen LogP) is 1.97. The lowest BCUT2D eigenvalue weighted by atomic mass is 9.95. The van der Waals surface area contributed by atoms with E-state index in [2.05, 4.69) is 49.5 Å². The zero-order valence-electron chi connectivity index (χ0n) is 12.5. The lowest BCUT2D eigenvalue weighted by Crippen LogP contribution is -2.48. The van der Waals surface area contributed by atoms with Crippen LogP contribution in [0.1, 0.15) is 40.4 Å². The summed E-state index contributed by atoms with van der Waals surface area (Å²) in [5.74, 6) is 2.21. The average molecular weight is 264 g/mol. The molecule has 106 valence electrons. The Morgan fingerprint density at radius 2 is 2.00 bits per heavy atom. The molecule has 19 heavy (non-hydrogen) atoms. The molecule has 1 aliphatic heterocycles. The first-order valence-electron chi connectivity index (χ1n) is 6.71. The summed E-state index contributed by atoms with van der Waals surface area (Å²) in [5.41, 5.74) is 5.66. The topological polar surface area (TPSA) is 64.3 Å². The number of nitrogens with two attached hydrogens (primary N) is 1. The van der Waals surface area contributed by atoms with E-state index in [0.29, 0.717) is 12.4 Å². The third-order valence-corrected chi connectivity index (χ3v) is 3.15. The van der Waals surface area contributed by atoms with Gasteiger partial charge < -0.3 is 15.4 Å². The molecule has 0 radical (unpaired) electrons. The van der Waals surface area contributed by atoms with Gasteiger partial charge in [0.05, 0.1) is 12.2 Å². The standard InChI is InChI=1S/C14H24N4O/c1-13(2,3)12-16-10(15)8-11(17-12)18-6-7-19-14(4,5)9-18/h8H,6-7,9H2,1-5H3,(H2,15,16,17). The summed E-state index contributed by atoms with van der Waals surface area (Å²) >= 11 is 0. The van der Waals surface area contributed by atoms with Crippen LogP contribution in [-0.2, 0) is 10.2 Å². The average Bonchev–Trinajstić information content (AvgIpc) is 2.25. The summed E-state index contributed by atoms with van der Waals surface area (Å²) in [6, 6.07) is 1.84. The molecule has 0 atom stereocenters. The molecule has 1 saturated heterocycles. The first-order valence-corrected chi connectivity index (χ1v) is 6.71. The molecule has 0 aliphatic carbocycles. The van der Waals surface area contributed by atoms with E-state index in [1.165, 1.54) is 0 Å². The molecule has 1 aromatic heterocycles. The summed E-state index contributed by atoms with van der Waals surface area (Å²) < 4.78 is 5.73. The number of nitrogen functional groups attached to an aromatic ring is 1. The second-order valence-electron chi connectivity index (χ2n) is 6.75. The Hall–Kier alpha value is -1.36. The van der Waals surface area contributed by atoms with Crippen LogP contribution < -0.4 is 10.6 Å². The molecule has 5 nitrogen and oxygen atoms in total. The van der Waals surface area contributed by atoms with Gasteiger partial charge in [-0.05, 0) is 13.8 Å². The van der Waals surface area contributed by atoms with Crippen molar-refractivity contribution in [3.8, 4) is 0 Å². The van der Waals surface area contributed by atoms with E-state index in [9.17, 15) is 0 Å². The highest BCUT2D eigenvalue weighted by Crippen LogP contribution is 2.26. The van der Waals surface area contributed by atoms with Gasteiger partial charge in [-0.25, -0.2) is 9.97 Å². The van der Waals surface area contributed by atoms with Gasteiger partial charge in [0.15, 0.2) is 0 Å². The molecule has 0 aromatic carbocycles. The zero-order chi connectivity index (χ0) is 14.3. The van der Waals surface area contributed by atoms with Crippen molar-refractivity contribution in [1.82, 2.24) is 9.97 Å². The number of morpholine rings is 1. The molecule has 1 aromatic rings. The Bertz CT molecular complexity index is 465. The number of rotatable bonds is 1. The van der Waals surface area contributed by atoms with Gasteiger partial charge in [-0.15, -0.1) is 0 Å². The first kappa shape index (κ1) is 14.1. The lowest BCUT2D eigenvalue weighted by Gasteiger charge is -2.39. The molecule has 0 amide bonds. The number of anilines is 2. The van der Waals surface area contributed by atoms with Crippen LogP contribution in [0, 0.1) is 0 Å². The van der Waals surface area contributed by atoms with Gasteiger partial charge in [-0.1, -0.05) is 20.8 Å².